The van der Waals surface area contributed by atoms with Gasteiger partial charge in [0.2, 0.25) is 5.88 Å². The number of rotatable bonds is 10. The van der Waals surface area contributed by atoms with Gasteiger partial charge in [-0.15, -0.1) is 0 Å². The van der Waals surface area contributed by atoms with Gasteiger partial charge in [0.05, 0.1) is 12.3 Å². The number of aromatic nitrogens is 1. The lowest BCUT2D eigenvalue weighted by molar-refractivity contribution is 0.0964. The lowest BCUT2D eigenvalue weighted by atomic mass is 10.3. The first-order valence-corrected chi connectivity index (χ1v) is 7.28. The monoisotopic (exact) mass is 264 g/mol. The van der Waals surface area contributed by atoms with Crippen LogP contribution in [0.5, 0.6) is 5.88 Å². The summed E-state index contributed by atoms with van der Waals surface area (Å²) in [6.07, 6.45) is 4.87. The van der Waals surface area contributed by atoms with E-state index >= 15 is 0 Å². The Bertz CT molecular complexity index is 367. The SMILES string of the molecule is CCCCOCCOc1cccc(CNC2CC2)n1. The maximum absolute atomic E-state index is 5.59. The second kappa shape index (κ2) is 8.12. The van der Waals surface area contributed by atoms with Crippen LogP contribution in [0.2, 0.25) is 0 Å². The molecule has 1 aliphatic carbocycles. The lowest BCUT2D eigenvalue weighted by Gasteiger charge is -2.08. The number of hydrogen-bond donors (Lipinski definition) is 1. The van der Waals surface area contributed by atoms with E-state index in [-0.39, 0.29) is 0 Å². The summed E-state index contributed by atoms with van der Waals surface area (Å²) in [7, 11) is 0. The summed E-state index contributed by atoms with van der Waals surface area (Å²) >= 11 is 0. The van der Waals surface area contributed by atoms with Gasteiger partial charge in [0, 0.05) is 25.3 Å². The molecule has 2 rings (SSSR count). The summed E-state index contributed by atoms with van der Waals surface area (Å²) in [4.78, 5) is 4.47. The van der Waals surface area contributed by atoms with Gasteiger partial charge in [0.25, 0.3) is 0 Å². The first-order valence-electron chi connectivity index (χ1n) is 7.28. The maximum atomic E-state index is 5.59. The minimum absolute atomic E-state index is 0.566. The predicted octanol–water partition coefficient (Wildman–Crippen LogP) is 2.53. The van der Waals surface area contributed by atoms with Crippen LogP contribution in [-0.4, -0.2) is 30.8 Å². The summed E-state index contributed by atoms with van der Waals surface area (Å²) in [5.41, 5.74) is 1.04. The molecule has 1 aliphatic rings. The number of pyridine rings is 1. The standard InChI is InChI=1S/C15H24N2O2/c1-2-3-9-18-10-11-19-15-6-4-5-14(17-15)12-16-13-7-8-13/h4-6,13,16H,2-3,7-12H2,1H3. The zero-order valence-corrected chi connectivity index (χ0v) is 11.7. The molecule has 0 radical (unpaired) electrons. The average Bonchev–Trinajstić information content (AvgIpc) is 3.25. The van der Waals surface area contributed by atoms with Crippen LogP contribution in [0.15, 0.2) is 18.2 Å². The molecule has 0 amide bonds. The fourth-order valence-electron chi connectivity index (χ4n) is 1.73. The second-order valence-electron chi connectivity index (χ2n) is 4.94. The van der Waals surface area contributed by atoms with Crippen LogP contribution in [0.25, 0.3) is 0 Å². The van der Waals surface area contributed by atoms with E-state index in [0.29, 0.717) is 25.1 Å². The third-order valence-corrected chi connectivity index (χ3v) is 3.05. The Morgan fingerprint density at radius 2 is 2.16 bits per heavy atom. The molecule has 0 atom stereocenters. The molecule has 1 N–H and O–H groups in total. The number of hydrogen-bond acceptors (Lipinski definition) is 4. The molecule has 4 nitrogen and oxygen atoms in total. The quantitative estimate of drug-likeness (QED) is 0.659. The molecule has 106 valence electrons. The highest BCUT2D eigenvalue weighted by Gasteiger charge is 2.20. The van der Waals surface area contributed by atoms with Crippen molar-refractivity contribution >= 4 is 0 Å². The minimum atomic E-state index is 0.566. The third-order valence-electron chi connectivity index (χ3n) is 3.05. The highest BCUT2D eigenvalue weighted by atomic mass is 16.5. The Kier molecular flexibility index (Phi) is 6.11. The van der Waals surface area contributed by atoms with Gasteiger partial charge in [-0.25, -0.2) is 4.98 Å². The van der Waals surface area contributed by atoms with E-state index in [1.54, 1.807) is 0 Å². The van der Waals surface area contributed by atoms with Gasteiger partial charge in [-0.2, -0.15) is 0 Å². The molecule has 0 unspecified atom stereocenters. The molecule has 0 saturated heterocycles. The zero-order chi connectivity index (χ0) is 13.3. The van der Waals surface area contributed by atoms with Crippen molar-refractivity contribution in [3.8, 4) is 5.88 Å². The van der Waals surface area contributed by atoms with Crippen molar-refractivity contribution in [3.05, 3.63) is 23.9 Å². The molecule has 1 aromatic rings. The highest BCUT2D eigenvalue weighted by molar-refractivity contribution is 5.15. The molecule has 1 aromatic heterocycles. The van der Waals surface area contributed by atoms with E-state index in [9.17, 15) is 0 Å². The van der Waals surface area contributed by atoms with Crippen molar-refractivity contribution in [3.63, 3.8) is 0 Å². The van der Waals surface area contributed by atoms with Crippen LogP contribution < -0.4 is 10.1 Å². The van der Waals surface area contributed by atoms with Gasteiger partial charge >= 0.3 is 0 Å². The van der Waals surface area contributed by atoms with Crippen molar-refractivity contribution in [1.82, 2.24) is 10.3 Å². The fraction of sp³-hybridized carbons (Fsp3) is 0.667. The molecule has 4 heteroatoms. The van der Waals surface area contributed by atoms with E-state index in [1.807, 2.05) is 18.2 Å². The Balaban J connectivity index is 1.63. The van der Waals surface area contributed by atoms with Crippen LogP contribution in [0, 0.1) is 0 Å². The summed E-state index contributed by atoms with van der Waals surface area (Å²) in [6, 6.07) is 6.62. The molecule has 1 saturated carbocycles. The van der Waals surface area contributed by atoms with Crippen molar-refractivity contribution in [1.29, 1.82) is 0 Å². The minimum Gasteiger partial charge on any atom is -0.475 e. The highest BCUT2D eigenvalue weighted by Crippen LogP contribution is 2.19. The summed E-state index contributed by atoms with van der Waals surface area (Å²) in [5.74, 6) is 0.689. The first kappa shape index (κ1) is 14.3. The van der Waals surface area contributed by atoms with E-state index in [2.05, 4.69) is 17.2 Å². The fourth-order valence-corrected chi connectivity index (χ4v) is 1.73. The maximum Gasteiger partial charge on any atom is 0.213 e. The Hall–Kier alpha value is -1.13. The zero-order valence-electron chi connectivity index (χ0n) is 11.7. The Morgan fingerprint density at radius 3 is 2.95 bits per heavy atom. The van der Waals surface area contributed by atoms with Crippen LogP contribution in [-0.2, 0) is 11.3 Å². The van der Waals surface area contributed by atoms with Crippen LogP contribution >= 0.6 is 0 Å². The predicted molar refractivity (Wildman–Crippen MR) is 75.3 cm³/mol. The van der Waals surface area contributed by atoms with Gasteiger partial charge in [-0.05, 0) is 25.3 Å². The summed E-state index contributed by atoms with van der Waals surface area (Å²) < 4.78 is 11.0. The van der Waals surface area contributed by atoms with Gasteiger partial charge in [-0.1, -0.05) is 19.4 Å². The molecule has 0 bridgehead atoms. The molecule has 1 heterocycles. The van der Waals surface area contributed by atoms with Crippen LogP contribution in [0.1, 0.15) is 38.3 Å². The van der Waals surface area contributed by atoms with Gasteiger partial charge < -0.3 is 14.8 Å². The molecule has 0 spiro atoms. The topological polar surface area (TPSA) is 43.4 Å². The van der Waals surface area contributed by atoms with Crippen LogP contribution in [0.3, 0.4) is 0 Å². The molecular weight excluding hydrogens is 240 g/mol. The normalized spacial score (nSPS) is 14.6. The molecular formula is C15H24N2O2. The summed E-state index contributed by atoms with van der Waals surface area (Å²) in [5, 5.41) is 3.45. The van der Waals surface area contributed by atoms with E-state index < -0.39 is 0 Å². The Labute approximate surface area is 115 Å². The van der Waals surface area contributed by atoms with Gasteiger partial charge in [0.15, 0.2) is 0 Å². The Morgan fingerprint density at radius 1 is 1.26 bits per heavy atom. The third kappa shape index (κ3) is 6.03. The lowest BCUT2D eigenvalue weighted by Crippen LogP contribution is -2.16. The smallest absolute Gasteiger partial charge is 0.213 e. The van der Waals surface area contributed by atoms with Crippen molar-refractivity contribution < 1.29 is 9.47 Å². The largest absolute Gasteiger partial charge is 0.475 e. The van der Waals surface area contributed by atoms with Crippen molar-refractivity contribution in [2.45, 2.75) is 45.2 Å². The molecule has 0 aromatic carbocycles. The van der Waals surface area contributed by atoms with Crippen molar-refractivity contribution in [2.24, 2.45) is 0 Å². The average molecular weight is 264 g/mol. The first-order chi connectivity index (χ1) is 9.38. The van der Waals surface area contributed by atoms with E-state index in [0.717, 1.165) is 25.3 Å². The number of unbranched alkanes of at least 4 members (excludes halogenated alkanes) is 1. The number of ether oxygens (including phenoxy) is 2. The van der Waals surface area contributed by atoms with E-state index in [4.69, 9.17) is 9.47 Å². The van der Waals surface area contributed by atoms with Crippen LogP contribution in [0.4, 0.5) is 0 Å². The van der Waals surface area contributed by atoms with Gasteiger partial charge in [0.1, 0.15) is 6.61 Å². The van der Waals surface area contributed by atoms with Gasteiger partial charge in [-0.3, -0.25) is 0 Å². The van der Waals surface area contributed by atoms with E-state index in [1.165, 1.54) is 19.3 Å². The summed E-state index contributed by atoms with van der Waals surface area (Å²) in [6.45, 7) is 5.00. The number of nitrogens with one attached hydrogen (secondary N) is 1. The van der Waals surface area contributed by atoms with Crippen molar-refractivity contribution in [2.75, 3.05) is 19.8 Å². The second-order valence-corrected chi connectivity index (χ2v) is 4.94. The number of nitrogens with zero attached hydrogens (tertiary/aromatic N) is 1. The molecule has 0 aliphatic heterocycles. The molecule has 1 fully saturated rings. The molecule has 19 heavy (non-hydrogen) atoms.